The van der Waals surface area contributed by atoms with Gasteiger partial charge in [0.1, 0.15) is 6.61 Å². The van der Waals surface area contributed by atoms with Gasteiger partial charge in [-0.25, -0.2) is 4.57 Å². The molecule has 0 bridgehead atoms. The van der Waals surface area contributed by atoms with Gasteiger partial charge in [0, 0.05) is 19.4 Å². The molecule has 10 heteroatoms. The van der Waals surface area contributed by atoms with E-state index in [2.05, 4.69) is 50.3 Å². The Kier molecular flexibility index (Phi) is 39.5. The van der Waals surface area contributed by atoms with Crippen molar-refractivity contribution in [3.63, 3.8) is 0 Å². The van der Waals surface area contributed by atoms with Gasteiger partial charge in [0.05, 0.1) is 13.2 Å². The fourth-order valence-electron chi connectivity index (χ4n) is 6.06. The summed E-state index contributed by atoms with van der Waals surface area (Å²) in [7, 11) is -4.38. The minimum Gasteiger partial charge on any atom is -0.462 e. The molecular formula is C44H82NO8P. The maximum absolute atomic E-state index is 12.6. The number of nitrogens with two attached hydrogens (primary N) is 1. The van der Waals surface area contributed by atoms with E-state index in [4.69, 9.17) is 24.3 Å². The molecule has 0 amide bonds. The number of rotatable bonds is 41. The first-order valence-electron chi connectivity index (χ1n) is 22.0. The lowest BCUT2D eigenvalue weighted by molar-refractivity contribution is -0.161. The average Bonchev–Trinajstić information content (AvgIpc) is 3.16. The monoisotopic (exact) mass is 784 g/mol. The summed E-state index contributed by atoms with van der Waals surface area (Å²) in [5, 5.41) is 0. The highest BCUT2D eigenvalue weighted by atomic mass is 31.2. The number of hydrogen-bond acceptors (Lipinski definition) is 8. The number of ether oxygens (including phenoxy) is 2. The predicted molar refractivity (Wildman–Crippen MR) is 224 cm³/mol. The fourth-order valence-corrected chi connectivity index (χ4v) is 6.83. The Bertz CT molecular complexity index is 986. The number of carbonyl (C=O) groups excluding carboxylic acids is 2. The van der Waals surface area contributed by atoms with Crippen molar-refractivity contribution in [3.05, 3.63) is 36.5 Å². The van der Waals surface area contributed by atoms with Crippen LogP contribution in [0, 0.1) is 0 Å². The Morgan fingerprint density at radius 2 is 1.02 bits per heavy atom. The van der Waals surface area contributed by atoms with Crippen LogP contribution in [0.3, 0.4) is 0 Å². The molecule has 0 aromatic rings. The zero-order valence-electron chi connectivity index (χ0n) is 34.7. The lowest BCUT2D eigenvalue weighted by Gasteiger charge is -2.19. The van der Waals surface area contributed by atoms with Crippen LogP contribution in [0.2, 0.25) is 0 Å². The third-order valence-corrected chi connectivity index (χ3v) is 10.3. The second-order valence-corrected chi connectivity index (χ2v) is 16.0. The normalized spacial score (nSPS) is 13.6. The SMILES string of the molecule is CC/C=C\C/C=C\C/C=C\CCCCCCCCCC(=O)OC(COC(=O)CCCCCCCCCCCCCCCCCC)COP(=O)(O)OCCN. The van der Waals surface area contributed by atoms with Crippen LogP contribution in [0.25, 0.3) is 0 Å². The molecule has 0 aliphatic heterocycles. The summed E-state index contributed by atoms with van der Waals surface area (Å²) < 4.78 is 32.8. The maximum atomic E-state index is 12.6. The topological polar surface area (TPSA) is 134 Å². The van der Waals surface area contributed by atoms with Gasteiger partial charge < -0.3 is 20.1 Å². The van der Waals surface area contributed by atoms with Gasteiger partial charge >= 0.3 is 19.8 Å². The van der Waals surface area contributed by atoms with Crippen LogP contribution in [0.15, 0.2) is 36.5 Å². The number of phosphoric ester groups is 1. The molecule has 0 aromatic carbocycles. The zero-order chi connectivity index (χ0) is 39.6. The van der Waals surface area contributed by atoms with Crippen molar-refractivity contribution in [2.45, 2.75) is 206 Å². The molecule has 54 heavy (non-hydrogen) atoms. The maximum Gasteiger partial charge on any atom is 0.472 e. The van der Waals surface area contributed by atoms with Crippen LogP contribution in [0.5, 0.6) is 0 Å². The van der Waals surface area contributed by atoms with Crippen molar-refractivity contribution in [3.8, 4) is 0 Å². The molecule has 0 rings (SSSR count). The minimum atomic E-state index is -4.38. The van der Waals surface area contributed by atoms with Gasteiger partial charge in [0.15, 0.2) is 6.10 Å². The summed E-state index contributed by atoms with van der Waals surface area (Å²) in [6.07, 6.45) is 44.5. The lowest BCUT2D eigenvalue weighted by Crippen LogP contribution is -2.29. The number of allylic oxidation sites excluding steroid dienone is 6. The Hall–Kier alpha value is -1.77. The smallest absolute Gasteiger partial charge is 0.462 e. The number of unbranched alkanes of at least 4 members (excludes halogenated alkanes) is 22. The standard InChI is InChI=1S/C44H82NO8P/c1-3-5-7-9-11-13-15-17-19-21-23-25-27-29-31-33-35-37-44(47)53-42(41-52-54(48,49)51-39-38-45)40-50-43(46)36-34-32-30-28-26-24-22-20-18-16-14-12-10-8-6-4-2/h5,7,11,13,17,19,42H,3-4,6,8-10,12,14-16,18,20-41,45H2,1-2H3,(H,48,49)/b7-5-,13-11-,19-17-. The largest absolute Gasteiger partial charge is 0.472 e. The van der Waals surface area contributed by atoms with Gasteiger partial charge in [-0.2, -0.15) is 0 Å². The van der Waals surface area contributed by atoms with E-state index in [9.17, 15) is 19.0 Å². The van der Waals surface area contributed by atoms with Crippen molar-refractivity contribution in [2.24, 2.45) is 5.73 Å². The second kappa shape index (κ2) is 40.9. The average molecular weight is 784 g/mol. The fraction of sp³-hybridized carbons (Fsp3) is 0.818. The highest BCUT2D eigenvalue weighted by Crippen LogP contribution is 2.43. The first-order valence-corrected chi connectivity index (χ1v) is 23.5. The van der Waals surface area contributed by atoms with E-state index >= 15 is 0 Å². The van der Waals surface area contributed by atoms with E-state index in [-0.39, 0.29) is 38.6 Å². The molecule has 0 fully saturated rings. The second-order valence-electron chi connectivity index (χ2n) is 14.5. The van der Waals surface area contributed by atoms with E-state index in [1.165, 1.54) is 103 Å². The molecule has 0 aliphatic rings. The Morgan fingerprint density at radius 3 is 1.52 bits per heavy atom. The summed E-state index contributed by atoms with van der Waals surface area (Å²) in [5.41, 5.74) is 5.35. The van der Waals surface area contributed by atoms with Crippen molar-refractivity contribution in [1.82, 2.24) is 0 Å². The van der Waals surface area contributed by atoms with Crippen molar-refractivity contribution < 1.29 is 37.6 Å². The molecule has 0 saturated carbocycles. The van der Waals surface area contributed by atoms with Gasteiger partial charge in [-0.3, -0.25) is 18.6 Å². The van der Waals surface area contributed by atoms with Gasteiger partial charge in [0.2, 0.25) is 0 Å². The Balaban J connectivity index is 4.14. The molecule has 2 atom stereocenters. The van der Waals surface area contributed by atoms with Gasteiger partial charge in [-0.15, -0.1) is 0 Å². The van der Waals surface area contributed by atoms with Crippen LogP contribution in [0.1, 0.15) is 200 Å². The minimum absolute atomic E-state index is 0.0520. The summed E-state index contributed by atoms with van der Waals surface area (Å²) in [6.45, 7) is 3.63. The molecule has 0 aliphatic carbocycles. The van der Waals surface area contributed by atoms with Crippen LogP contribution in [-0.2, 0) is 32.7 Å². The van der Waals surface area contributed by atoms with Gasteiger partial charge in [0.25, 0.3) is 0 Å². The highest BCUT2D eigenvalue weighted by Gasteiger charge is 2.26. The molecule has 0 spiro atoms. The third kappa shape index (κ3) is 39.9. The summed E-state index contributed by atoms with van der Waals surface area (Å²) in [4.78, 5) is 34.9. The molecule has 3 N–H and O–H groups in total. The molecule has 0 radical (unpaired) electrons. The van der Waals surface area contributed by atoms with E-state index in [0.29, 0.717) is 6.42 Å². The summed E-state index contributed by atoms with van der Waals surface area (Å²) in [6, 6.07) is 0. The number of hydrogen-bond donors (Lipinski definition) is 2. The van der Waals surface area contributed by atoms with E-state index in [0.717, 1.165) is 64.2 Å². The molecule has 9 nitrogen and oxygen atoms in total. The first-order chi connectivity index (χ1) is 26.3. The molecule has 0 heterocycles. The van der Waals surface area contributed by atoms with Crippen LogP contribution in [-0.4, -0.2) is 49.3 Å². The van der Waals surface area contributed by atoms with Gasteiger partial charge in [-0.05, 0) is 44.9 Å². The molecule has 316 valence electrons. The number of phosphoric acid groups is 1. The Labute approximate surface area is 331 Å². The first kappa shape index (κ1) is 52.2. The molecule has 0 aromatic heterocycles. The summed E-state index contributed by atoms with van der Waals surface area (Å²) >= 11 is 0. The van der Waals surface area contributed by atoms with E-state index in [1.54, 1.807) is 0 Å². The van der Waals surface area contributed by atoms with Crippen molar-refractivity contribution in [1.29, 1.82) is 0 Å². The highest BCUT2D eigenvalue weighted by molar-refractivity contribution is 7.47. The number of esters is 2. The van der Waals surface area contributed by atoms with E-state index in [1.807, 2.05) is 0 Å². The molecular weight excluding hydrogens is 701 g/mol. The van der Waals surface area contributed by atoms with Crippen LogP contribution < -0.4 is 5.73 Å². The van der Waals surface area contributed by atoms with Crippen molar-refractivity contribution >= 4 is 19.8 Å². The van der Waals surface area contributed by atoms with Gasteiger partial charge in [-0.1, -0.05) is 179 Å². The number of carbonyl (C=O) groups is 2. The third-order valence-electron chi connectivity index (χ3n) is 9.29. The van der Waals surface area contributed by atoms with Crippen LogP contribution >= 0.6 is 7.82 Å². The molecule has 2 unspecified atom stereocenters. The zero-order valence-corrected chi connectivity index (χ0v) is 35.6. The quantitative estimate of drug-likeness (QED) is 0.0269. The Morgan fingerprint density at radius 1 is 0.574 bits per heavy atom. The summed E-state index contributed by atoms with van der Waals surface area (Å²) in [5.74, 6) is -0.834. The van der Waals surface area contributed by atoms with Crippen molar-refractivity contribution in [2.75, 3.05) is 26.4 Å². The predicted octanol–water partition coefficient (Wildman–Crippen LogP) is 12.6. The lowest BCUT2D eigenvalue weighted by atomic mass is 10.0. The van der Waals surface area contributed by atoms with E-state index < -0.39 is 26.5 Å². The van der Waals surface area contributed by atoms with Crippen LogP contribution in [0.4, 0.5) is 0 Å². The molecule has 0 saturated heterocycles.